The molecule has 1 atom stereocenters. The second kappa shape index (κ2) is 12.0. The Bertz CT molecular complexity index is 602. The van der Waals surface area contributed by atoms with Crippen molar-refractivity contribution in [1.29, 1.82) is 0 Å². The van der Waals surface area contributed by atoms with Gasteiger partial charge in [0.1, 0.15) is 9.84 Å². The van der Waals surface area contributed by atoms with Gasteiger partial charge in [-0.05, 0) is 39.5 Å². The molecule has 1 aromatic rings. The van der Waals surface area contributed by atoms with Gasteiger partial charge in [-0.3, -0.25) is 4.99 Å². The first-order chi connectivity index (χ1) is 10.8. The number of unbranched alkanes of at least 4 members (excludes halogenated alkanes) is 1. The lowest BCUT2D eigenvalue weighted by Gasteiger charge is -2.17. The van der Waals surface area contributed by atoms with E-state index in [0.717, 1.165) is 37.5 Å². The van der Waals surface area contributed by atoms with Gasteiger partial charge < -0.3 is 10.6 Å². The maximum absolute atomic E-state index is 11.2. The summed E-state index contributed by atoms with van der Waals surface area (Å²) in [4.78, 5) is 8.62. The zero-order chi connectivity index (χ0) is 17.3. The van der Waals surface area contributed by atoms with Crippen LogP contribution in [0, 0.1) is 6.92 Å². The van der Waals surface area contributed by atoms with Crippen molar-refractivity contribution in [3.05, 3.63) is 16.1 Å². The molecule has 0 bridgehead atoms. The van der Waals surface area contributed by atoms with E-state index in [1.807, 2.05) is 13.8 Å². The number of aliphatic imine (C=N–C) groups is 1. The summed E-state index contributed by atoms with van der Waals surface area (Å²) in [6, 6.07) is 0.0641. The number of nitrogens with one attached hydrogen (secondary N) is 2. The van der Waals surface area contributed by atoms with Crippen molar-refractivity contribution in [3.63, 3.8) is 0 Å². The molecule has 0 aliphatic heterocycles. The molecule has 2 N–H and O–H groups in total. The first kappa shape index (κ1) is 23.6. The van der Waals surface area contributed by atoms with E-state index >= 15 is 0 Å². The van der Waals surface area contributed by atoms with Gasteiger partial charge in [0.25, 0.3) is 0 Å². The van der Waals surface area contributed by atoms with E-state index in [1.54, 1.807) is 18.4 Å². The molecule has 1 rings (SSSR count). The molecule has 0 spiro atoms. The molecule has 0 saturated carbocycles. The molecule has 140 valence electrons. The number of hydrogen-bond acceptors (Lipinski definition) is 5. The van der Waals surface area contributed by atoms with Gasteiger partial charge >= 0.3 is 0 Å². The average molecular weight is 488 g/mol. The van der Waals surface area contributed by atoms with Gasteiger partial charge in [-0.1, -0.05) is 0 Å². The van der Waals surface area contributed by atoms with E-state index in [2.05, 4.69) is 26.0 Å². The third-order valence-electron chi connectivity index (χ3n) is 3.30. The Morgan fingerprint density at radius 2 is 2.12 bits per heavy atom. The van der Waals surface area contributed by atoms with Crippen LogP contribution in [0.3, 0.4) is 0 Å². The molecular formula is C15H29IN4O2S2. The smallest absolute Gasteiger partial charge is 0.191 e. The van der Waals surface area contributed by atoms with Crippen LogP contribution in [-0.4, -0.2) is 51.0 Å². The second-order valence-corrected chi connectivity index (χ2v) is 9.01. The summed E-state index contributed by atoms with van der Waals surface area (Å²) in [7, 11) is -1.20. The fourth-order valence-electron chi connectivity index (χ4n) is 2.02. The van der Waals surface area contributed by atoms with Gasteiger partial charge in [-0.2, -0.15) is 0 Å². The van der Waals surface area contributed by atoms with Gasteiger partial charge in [-0.15, -0.1) is 35.3 Å². The lowest BCUT2D eigenvalue weighted by atomic mass is 10.2. The van der Waals surface area contributed by atoms with Crippen molar-refractivity contribution in [2.24, 2.45) is 4.99 Å². The molecule has 0 fully saturated rings. The number of halogens is 1. The first-order valence-electron chi connectivity index (χ1n) is 7.86. The van der Waals surface area contributed by atoms with Crippen molar-refractivity contribution in [2.45, 2.75) is 45.6 Å². The molecule has 0 saturated heterocycles. The van der Waals surface area contributed by atoms with Gasteiger partial charge in [-0.25, -0.2) is 13.4 Å². The zero-order valence-corrected chi connectivity index (χ0v) is 18.8. The van der Waals surface area contributed by atoms with Crippen LogP contribution in [0.25, 0.3) is 0 Å². The molecule has 0 aliphatic rings. The summed E-state index contributed by atoms with van der Waals surface area (Å²) < 4.78 is 22.4. The number of hydrogen-bond donors (Lipinski definition) is 2. The standard InChI is InChI=1S/C15H28N4O2S2.HI/c1-12(8-10-23(4,20)21)19-15(16-3)17-9-6-5-7-14-18-13(2)11-22-14;/h11-12H,5-10H2,1-4H3,(H2,16,17,19);1H. The number of aryl methyl sites for hydroxylation is 2. The zero-order valence-electron chi connectivity index (χ0n) is 14.8. The molecule has 0 radical (unpaired) electrons. The maximum atomic E-state index is 11.2. The van der Waals surface area contributed by atoms with Crippen molar-refractivity contribution in [1.82, 2.24) is 15.6 Å². The SMILES string of the molecule is CN=C(NCCCCc1nc(C)cs1)NC(C)CCS(C)(=O)=O.I. The molecule has 1 heterocycles. The third kappa shape index (κ3) is 11.2. The molecule has 1 aromatic heterocycles. The molecule has 9 heteroatoms. The molecule has 0 aliphatic carbocycles. The van der Waals surface area contributed by atoms with Crippen LogP contribution >= 0.6 is 35.3 Å². The highest BCUT2D eigenvalue weighted by Gasteiger charge is 2.09. The summed E-state index contributed by atoms with van der Waals surface area (Å²) in [5.41, 5.74) is 1.09. The Morgan fingerprint density at radius 3 is 2.67 bits per heavy atom. The number of thiazole rings is 1. The van der Waals surface area contributed by atoms with E-state index in [4.69, 9.17) is 0 Å². The van der Waals surface area contributed by atoms with E-state index < -0.39 is 9.84 Å². The van der Waals surface area contributed by atoms with Gasteiger partial charge in [0.2, 0.25) is 0 Å². The summed E-state index contributed by atoms with van der Waals surface area (Å²) in [5, 5.41) is 9.75. The largest absolute Gasteiger partial charge is 0.356 e. The molecule has 0 amide bonds. The summed E-state index contributed by atoms with van der Waals surface area (Å²) in [6.45, 7) is 4.81. The summed E-state index contributed by atoms with van der Waals surface area (Å²) >= 11 is 1.72. The van der Waals surface area contributed by atoms with Crippen molar-refractivity contribution < 1.29 is 8.42 Å². The van der Waals surface area contributed by atoms with E-state index in [1.165, 1.54) is 11.3 Å². The highest BCUT2D eigenvalue weighted by atomic mass is 127. The monoisotopic (exact) mass is 488 g/mol. The normalized spacial score (nSPS) is 13.2. The molecule has 24 heavy (non-hydrogen) atoms. The Balaban J connectivity index is 0.00000529. The van der Waals surface area contributed by atoms with Crippen LogP contribution < -0.4 is 10.6 Å². The van der Waals surface area contributed by atoms with Crippen LogP contribution in [-0.2, 0) is 16.3 Å². The molecule has 1 unspecified atom stereocenters. The Kier molecular flexibility index (Phi) is 11.8. The van der Waals surface area contributed by atoms with Crippen molar-refractivity contribution >= 4 is 51.1 Å². The first-order valence-corrected chi connectivity index (χ1v) is 10.8. The topological polar surface area (TPSA) is 83.4 Å². The highest BCUT2D eigenvalue weighted by Crippen LogP contribution is 2.11. The van der Waals surface area contributed by atoms with E-state index in [0.29, 0.717) is 6.42 Å². The number of sulfone groups is 1. The molecule has 6 nitrogen and oxygen atoms in total. The summed E-state index contributed by atoms with van der Waals surface area (Å²) in [6.07, 6.45) is 4.97. The van der Waals surface area contributed by atoms with Gasteiger partial charge in [0.15, 0.2) is 5.96 Å². The fraction of sp³-hybridized carbons (Fsp3) is 0.733. The van der Waals surface area contributed by atoms with E-state index in [-0.39, 0.29) is 35.8 Å². The average Bonchev–Trinajstić information content (AvgIpc) is 2.88. The third-order valence-corrected chi connectivity index (χ3v) is 5.31. The highest BCUT2D eigenvalue weighted by molar-refractivity contribution is 14.0. The number of guanidine groups is 1. The maximum Gasteiger partial charge on any atom is 0.191 e. The predicted molar refractivity (Wildman–Crippen MR) is 113 cm³/mol. The van der Waals surface area contributed by atoms with Crippen LogP contribution in [0.2, 0.25) is 0 Å². The quantitative estimate of drug-likeness (QED) is 0.241. The Hall–Kier alpha value is -0.420. The lowest BCUT2D eigenvalue weighted by molar-refractivity contribution is 0.580. The van der Waals surface area contributed by atoms with Crippen LogP contribution in [0.5, 0.6) is 0 Å². The minimum Gasteiger partial charge on any atom is -0.356 e. The predicted octanol–water partition coefficient (Wildman–Crippen LogP) is 2.38. The van der Waals surface area contributed by atoms with Crippen LogP contribution in [0.1, 0.15) is 36.9 Å². The van der Waals surface area contributed by atoms with Crippen molar-refractivity contribution in [2.75, 3.05) is 25.6 Å². The van der Waals surface area contributed by atoms with Crippen molar-refractivity contribution in [3.8, 4) is 0 Å². The summed E-state index contributed by atoms with van der Waals surface area (Å²) in [5.74, 6) is 0.905. The Labute approximate surface area is 166 Å². The minimum absolute atomic E-state index is 0. The molecule has 0 aromatic carbocycles. The van der Waals surface area contributed by atoms with Crippen LogP contribution in [0.15, 0.2) is 10.4 Å². The second-order valence-electron chi connectivity index (χ2n) is 5.80. The molecular weight excluding hydrogens is 459 g/mol. The number of rotatable bonds is 9. The lowest BCUT2D eigenvalue weighted by Crippen LogP contribution is -2.43. The number of aromatic nitrogens is 1. The fourth-order valence-corrected chi connectivity index (χ4v) is 3.62. The number of nitrogens with zero attached hydrogens (tertiary/aromatic N) is 2. The van der Waals surface area contributed by atoms with Gasteiger partial charge in [0, 0.05) is 37.0 Å². The Morgan fingerprint density at radius 1 is 1.42 bits per heavy atom. The minimum atomic E-state index is -2.92. The van der Waals surface area contributed by atoms with Gasteiger partial charge in [0.05, 0.1) is 10.8 Å². The van der Waals surface area contributed by atoms with E-state index in [9.17, 15) is 8.42 Å². The van der Waals surface area contributed by atoms with Crippen LogP contribution in [0.4, 0.5) is 0 Å².